The topological polar surface area (TPSA) is 59.4 Å². The summed E-state index contributed by atoms with van der Waals surface area (Å²) in [6, 6.07) is 15.8. The van der Waals surface area contributed by atoms with Gasteiger partial charge in [0.15, 0.2) is 6.61 Å². The Bertz CT molecular complexity index is 799. The Morgan fingerprint density at radius 2 is 1.90 bits per heavy atom. The molecule has 1 N–H and O–H groups in total. The second-order valence-electron chi connectivity index (χ2n) is 4.62. The van der Waals surface area contributed by atoms with Crippen LogP contribution in [0.4, 0.5) is 0 Å². The third-order valence-electron chi connectivity index (χ3n) is 3.19. The summed E-state index contributed by atoms with van der Waals surface area (Å²) in [6.45, 7) is -0.370. The summed E-state index contributed by atoms with van der Waals surface area (Å²) >= 11 is 0. The number of hydrogen-bond acceptors (Lipinski definition) is 3. The summed E-state index contributed by atoms with van der Waals surface area (Å²) in [6.07, 6.45) is 3.27. The fourth-order valence-electron chi connectivity index (χ4n) is 2.22. The highest BCUT2D eigenvalue weighted by atomic mass is 16.5. The zero-order valence-corrected chi connectivity index (χ0v) is 11.2. The van der Waals surface area contributed by atoms with Gasteiger partial charge in [-0.2, -0.15) is 0 Å². The first-order valence-corrected chi connectivity index (χ1v) is 6.52. The van der Waals surface area contributed by atoms with E-state index in [2.05, 4.69) is 4.98 Å². The molecule has 0 aliphatic carbocycles. The molecule has 3 rings (SSSR count). The van der Waals surface area contributed by atoms with Gasteiger partial charge in [0, 0.05) is 18.0 Å². The molecule has 0 saturated heterocycles. The van der Waals surface area contributed by atoms with Crippen molar-refractivity contribution < 1.29 is 14.6 Å². The van der Waals surface area contributed by atoms with Crippen molar-refractivity contribution in [3.63, 3.8) is 0 Å². The van der Waals surface area contributed by atoms with Gasteiger partial charge in [-0.3, -0.25) is 4.98 Å². The van der Waals surface area contributed by atoms with E-state index in [-0.39, 0.29) is 6.61 Å². The minimum Gasteiger partial charge on any atom is -0.481 e. The van der Waals surface area contributed by atoms with Crippen LogP contribution in [-0.2, 0) is 4.79 Å². The first-order valence-electron chi connectivity index (χ1n) is 6.52. The zero-order valence-electron chi connectivity index (χ0n) is 11.2. The zero-order chi connectivity index (χ0) is 14.7. The number of benzene rings is 2. The van der Waals surface area contributed by atoms with Crippen LogP contribution in [0.5, 0.6) is 5.75 Å². The van der Waals surface area contributed by atoms with Crippen molar-refractivity contribution in [1.82, 2.24) is 4.98 Å². The van der Waals surface area contributed by atoms with Gasteiger partial charge in [-0.25, -0.2) is 4.79 Å². The summed E-state index contributed by atoms with van der Waals surface area (Å²) in [4.78, 5) is 14.8. The molecule has 4 heteroatoms. The van der Waals surface area contributed by atoms with Crippen LogP contribution in [0.15, 0.2) is 60.9 Å². The molecular weight excluding hydrogens is 266 g/mol. The van der Waals surface area contributed by atoms with Gasteiger partial charge < -0.3 is 9.84 Å². The minimum absolute atomic E-state index is 0.370. The minimum atomic E-state index is -1.00. The van der Waals surface area contributed by atoms with Crippen molar-refractivity contribution in [2.24, 2.45) is 0 Å². The van der Waals surface area contributed by atoms with Gasteiger partial charge in [-0.15, -0.1) is 0 Å². The monoisotopic (exact) mass is 279 g/mol. The largest absolute Gasteiger partial charge is 0.481 e. The van der Waals surface area contributed by atoms with E-state index >= 15 is 0 Å². The molecule has 0 amide bonds. The van der Waals surface area contributed by atoms with Gasteiger partial charge in [0.05, 0.1) is 0 Å². The third kappa shape index (κ3) is 2.84. The number of aromatic nitrogens is 1. The highest BCUT2D eigenvalue weighted by Gasteiger charge is 2.08. The fourth-order valence-corrected chi connectivity index (χ4v) is 2.22. The number of ether oxygens (including phenoxy) is 1. The van der Waals surface area contributed by atoms with Crippen LogP contribution in [0, 0.1) is 0 Å². The Labute approximate surface area is 121 Å². The van der Waals surface area contributed by atoms with Crippen LogP contribution in [0.3, 0.4) is 0 Å². The lowest BCUT2D eigenvalue weighted by Crippen LogP contribution is -2.10. The van der Waals surface area contributed by atoms with Crippen LogP contribution in [0.1, 0.15) is 0 Å². The standard InChI is InChI=1S/C17H13NO3/c19-17(20)11-21-16-7-8-18-10-15(16)14-6-5-12-3-1-2-4-13(12)9-14/h1-10H,11H2,(H,19,20). The number of carboxylic acid groups (broad SMARTS) is 1. The number of nitrogens with zero attached hydrogens (tertiary/aromatic N) is 1. The molecule has 1 heterocycles. The fraction of sp³-hybridized carbons (Fsp3) is 0.0588. The van der Waals surface area contributed by atoms with Gasteiger partial charge in [0.25, 0.3) is 0 Å². The average molecular weight is 279 g/mol. The second kappa shape index (κ2) is 5.63. The molecule has 0 aliphatic rings. The van der Waals surface area contributed by atoms with Gasteiger partial charge in [0.2, 0.25) is 0 Å². The molecule has 0 aliphatic heterocycles. The smallest absolute Gasteiger partial charge is 0.341 e. The predicted molar refractivity (Wildman–Crippen MR) is 80.3 cm³/mol. The molecule has 0 spiro atoms. The Balaban J connectivity index is 2.03. The lowest BCUT2D eigenvalue weighted by molar-refractivity contribution is -0.139. The van der Waals surface area contributed by atoms with E-state index in [9.17, 15) is 4.79 Å². The van der Waals surface area contributed by atoms with E-state index in [1.165, 1.54) is 0 Å². The lowest BCUT2D eigenvalue weighted by Gasteiger charge is -2.10. The van der Waals surface area contributed by atoms with Gasteiger partial charge in [-0.05, 0) is 28.5 Å². The molecule has 0 fully saturated rings. The summed E-state index contributed by atoms with van der Waals surface area (Å²) in [5.41, 5.74) is 1.73. The Morgan fingerprint density at radius 1 is 1.10 bits per heavy atom. The Morgan fingerprint density at radius 3 is 2.71 bits per heavy atom. The number of pyridine rings is 1. The van der Waals surface area contributed by atoms with Crippen molar-refractivity contribution >= 4 is 16.7 Å². The number of carboxylic acids is 1. The highest BCUT2D eigenvalue weighted by molar-refractivity contribution is 5.88. The maximum Gasteiger partial charge on any atom is 0.341 e. The van der Waals surface area contributed by atoms with E-state index in [4.69, 9.17) is 9.84 Å². The van der Waals surface area contributed by atoms with Gasteiger partial charge in [0.1, 0.15) is 5.75 Å². The maximum atomic E-state index is 10.7. The number of aliphatic carboxylic acids is 1. The van der Waals surface area contributed by atoms with E-state index in [0.29, 0.717) is 5.75 Å². The highest BCUT2D eigenvalue weighted by Crippen LogP contribution is 2.31. The number of carbonyl (C=O) groups is 1. The van der Waals surface area contributed by atoms with Gasteiger partial charge >= 0.3 is 5.97 Å². The Kier molecular flexibility index (Phi) is 3.51. The summed E-state index contributed by atoms with van der Waals surface area (Å²) in [7, 11) is 0. The molecule has 2 aromatic carbocycles. The predicted octanol–water partition coefficient (Wildman–Crippen LogP) is 3.37. The number of fused-ring (bicyclic) bond motifs is 1. The van der Waals surface area contributed by atoms with Crippen molar-refractivity contribution in [2.45, 2.75) is 0 Å². The first-order chi connectivity index (χ1) is 10.2. The third-order valence-corrected chi connectivity index (χ3v) is 3.19. The summed E-state index contributed by atoms with van der Waals surface area (Å²) < 4.78 is 5.33. The second-order valence-corrected chi connectivity index (χ2v) is 4.62. The lowest BCUT2D eigenvalue weighted by atomic mass is 10.0. The number of hydrogen-bond donors (Lipinski definition) is 1. The molecular formula is C17H13NO3. The molecule has 104 valence electrons. The average Bonchev–Trinajstić information content (AvgIpc) is 2.52. The normalized spacial score (nSPS) is 10.5. The molecule has 0 saturated carbocycles. The SMILES string of the molecule is O=C(O)COc1ccncc1-c1ccc2ccccc2c1. The van der Waals surface area contributed by atoms with Crippen molar-refractivity contribution in [2.75, 3.05) is 6.61 Å². The summed E-state index contributed by atoms with van der Waals surface area (Å²) in [5.74, 6) is -0.487. The number of rotatable bonds is 4. The molecule has 0 unspecified atom stereocenters. The molecule has 0 radical (unpaired) electrons. The van der Waals surface area contributed by atoms with Crippen LogP contribution in [0.25, 0.3) is 21.9 Å². The van der Waals surface area contributed by atoms with Gasteiger partial charge in [-0.1, -0.05) is 36.4 Å². The maximum absolute atomic E-state index is 10.7. The Hall–Kier alpha value is -2.88. The first kappa shape index (κ1) is 13.1. The van der Waals surface area contributed by atoms with Crippen molar-refractivity contribution in [1.29, 1.82) is 0 Å². The quantitative estimate of drug-likeness (QED) is 0.795. The van der Waals surface area contributed by atoms with Crippen molar-refractivity contribution in [3.05, 3.63) is 60.9 Å². The van der Waals surface area contributed by atoms with Crippen LogP contribution >= 0.6 is 0 Å². The van der Waals surface area contributed by atoms with Crippen LogP contribution in [0.2, 0.25) is 0 Å². The molecule has 4 nitrogen and oxygen atoms in total. The molecule has 3 aromatic rings. The molecule has 1 aromatic heterocycles. The van der Waals surface area contributed by atoms with E-state index in [1.807, 2.05) is 42.5 Å². The molecule has 21 heavy (non-hydrogen) atoms. The van der Waals surface area contributed by atoms with Crippen LogP contribution in [-0.4, -0.2) is 22.7 Å². The van der Waals surface area contributed by atoms with Crippen molar-refractivity contribution in [3.8, 4) is 16.9 Å². The van der Waals surface area contributed by atoms with Crippen LogP contribution < -0.4 is 4.74 Å². The van der Waals surface area contributed by atoms with E-state index in [1.54, 1.807) is 18.5 Å². The molecule has 0 atom stereocenters. The van der Waals surface area contributed by atoms with E-state index < -0.39 is 5.97 Å². The summed E-state index contributed by atoms with van der Waals surface area (Å²) in [5, 5.41) is 11.0. The van der Waals surface area contributed by atoms with E-state index in [0.717, 1.165) is 21.9 Å². The molecule has 0 bridgehead atoms.